The molecule has 0 spiro atoms. The molecule has 2 aromatic carbocycles. The first kappa shape index (κ1) is 22.6. The number of amides is 1. The Morgan fingerprint density at radius 3 is 2.66 bits per heavy atom. The number of rotatable bonds is 5. The predicted octanol–water partition coefficient (Wildman–Crippen LogP) is 4.60. The maximum Gasteiger partial charge on any atom is 0.416 e. The number of carbonyl (C=O) groups is 1. The van der Waals surface area contributed by atoms with Crippen LogP contribution in [0.1, 0.15) is 17.0 Å². The minimum atomic E-state index is -4.45. The molecule has 32 heavy (non-hydrogen) atoms. The Labute approximate surface area is 186 Å². The van der Waals surface area contributed by atoms with Crippen molar-refractivity contribution in [1.29, 1.82) is 0 Å². The first-order chi connectivity index (χ1) is 15.3. The summed E-state index contributed by atoms with van der Waals surface area (Å²) in [6.45, 7) is 3.74. The van der Waals surface area contributed by atoms with Crippen LogP contribution in [0.5, 0.6) is 0 Å². The van der Waals surface area contributed by atoms with Crippen LogP contribution in [-0.4, -0.2) is 53.4 Å². The molecule has 10 heteroatoms. The molecule has 0 atom stereocenters. The first-order valence-corrected chi connectivity index (χ1v) is 11.0. The minimum Gasteiger partial charge on any atom is -0.325 e. The second-order valence-corrected chi connectivity index (χ2v) is 8.87. The predicted molar refractivity (Wildman–Crippen MR) is 116 cm³/mol. The van der Waals surface area contributed by atoms with Gasteiger partial charge in [-0.15, -0.1) is 11.3 Å². The fourth-order valence-electron chi connectivity index (χ4n) is 3.72. The van der Waals surface area contributed by atoms with Crippen molar-refractivity contribution in [3.8, 4) is 0 Å². The maximum atomic E-state index is 13.4. The van der Waals surface area contributed by atoms with Crippen molar-refractivity contribution >= 4 is 33.1 Å². The Hall–Kier alpha value is -2.56. The van der Waals surface area contributed by atoms with Gasteiger partial charge in [-0.25, -0.2) is 9.37 Å². The van der Waals surface area contributed by atoms with Crippen LogP contribution in [0.3, 0.4) is 0 Å². The third kappa shape index (κ3) is 5.81. The van der Waals surface area contributed by atoms with E-state index in [0.717, 1.165) is 53.4 Å². The monoisotopic (exact) mass is 466 g/mol. The Balaban J connectivity index is 1.29. The van der Waals surface area contributed by atoms with Crippen molar-refractivity contribution in [3.63, 3.8) is 0 Å². The molecule has 1 amide bonds. The lowest BCUT2D eigenvalue weighted by molar-refractivity contribution is -0.137. The first-order valence-electron chi connectivity index (χ1n) is 10.2. The summed E-state index contributed by atoms with van der Waals surface area (Å²) in [6.07, 6.45) is -3.59. The van der Waals surface area contributed by atoms with Gasteiger partial charge in [0, 0.05) is 18.8 Å². The number of halogens is 4. The molecule has 4 rings (SSSR count). The third-order valence-corrected chi connectivity index (χ3v) is 6.28. The molecule has 0 radical (unpaired) electrons. The lowest BCUT2D eigenvalue weighted by Gasteiger charge is -2.21. The third-order valence-electron chi connectivity index (χ3n) is 5.28. The van der Waals surface area contributed by atoms with E-state index in [1.54, 1.807) is 6.07 Å². The maximum absolute atomic E-state index is 13.4. The van der Waals surface area contributed by atoms with Crippen LogP contribution in [-0.2, 0) is 17.5 Å². The van der Waals surface area contributed by atoms with E-state index < -0.39 is 11.7 Å². The van der Waals surface area contributed by atoms with E-state index in [0.29, 0.717) is 13.1 Å². The van der Waals surface area contributed by atoms with E-state index in [1.807, 2.05) is 4.90 Å². The van der Waals surface area contributed by atoms with Crippen LogP contribution in [0, 0.1) is 5.82 Å². The zero-order valence-electron chi connectivity index (χ0n) is 17.2. The zero-order chi connectivity index (χ0) is 22.7. The quantitative estimate of drug-likeness (QED) is 0.559. The van der Waals surface area contributed by atoms with Crippen molar-refractivity contribution in [3.05, 3.63) is 58.9 Å². The summed E-state index contributed by atoms with van der Waals surface area (Å²) >= 11 is 1.48. The highest BCUT2D eigenvalue weighted by Crippen LogP contribution is 2.30. The number of hydrogen-bond donors (Lipinski definition) is 1. The summed E-state index contributed by atoms with van der Waals surface area (Å²) < 4.78 is 52.8. The van der Waals surface area contributed by atoms with Crippen LogP contribution >= 0.6 is 11.3 Å². The molecule has 0 bridgehead atoms. The lowest BCUT2D eigenvalue weighted by Crippen LogP contribution is -2.36. The molecular weight excluding hydrogens is 444 g/mol. The van der Waals surface area contributed by atoms with E-state index in [-0.39, 0.29) is 24.0 Å². The number of hydrogen-bond acceptors (Lipinski definition) is 5. The normalized spacial score (nSPS) is 16.2. The highest BCUT2D eigenvalue weighted by molar-refractivity contribution is 7.18. The van der Waals surface area contributed by atoms with Crippen LogP contribution < -0.4 is 5.32 Å². The van der Waals surface area contributed by atoms with E-state index in [2.05, 4.69) is 15.2 Å². The zero-order valence-corrected chi connectivity index (χ0v) is 18.0. The molecule has 0 aliphatic carbocycles. The van der Waals surface area contributed by atoms with Crippen molar-refractivity contribution in [2.24, 2.45) is 0 Å². The molecule has 0 saturated carbocycles. The molecule has 1 aliphatic rings. The molecule has 5 nitrogen and oxygen atoms in total. The van der Waals surface area contributed by atoms with Crippen molar-refractivity contribution < 1.29 is 22.4 Å². The van der Waals surface area contributed by atoms with Gasteiger partial charge in [-0.1, -0.05) is 6.07 Å². The molecule has 170 valence electrons. The standard InChI is InChI=1S/C22H22F4N4OS/c23-16-5-6-18-19(12-16)32-21(28-18)14-30-8-2-7-29(9-10-30)13-20(31)27-17-4-1-3-15(11-17)22(24,25)26/h1,3-6,11-12H,2,7-10,13-14H2,(H,27,31). The number of aromatic nitrogens is 1. The number of anilines is 1. The van der Waals surface area contributed by atoms with E-state index in [4.69, 9.17) is 0 Å². The summed E-state index contributed by atoms with van der Waals surface area (Å²) in [5.74, 6) is -0.618. The fourth-order valence-corrected chi connectivity index (χ4v) is 4.76. The summed E-state index contributed by atoms with van der Waals surface area (Å²) in [4.78, 5) is 21.2. The summed E-state index contributed by atoms with van der Waals surface area (Å²) in [5.41, 5.74) is 0.126. The molecule has 3 aromatic rings. The second kappa shape index (κ2) is 9.51. The van der Waals surface area contributed by atoms with Crippen molar-refractivity contribution in [2.75, 3.05) is 38.0 Å². The Morgan fingerprint density at radius 1 is 1.06 bits per heavy atom. The van der Waals surface area contributed by atoms with E-state index in [1.165, 1.54) is 35.6 Å². The summed E-state index contributed by atoms with van der Waals surface area (Å²) in [6, 6.07) is 9.20. The van der Waals surface area contributed by atoms with E-state index >= 15 is 0 Å². The molecular formula is C22H22F4N4OS. The molecule has 1 N–H and O–H groups in total. The van der Waals surface area contributed by atoms with Crippen LogP contribution in [0.25, 0.3) is 10.2 Å². The number of carbonyl (C=O) groups excluding carboxylic acids is 1. The number of thiazole rings is 1. The van der Waals surface area contributed by atoms with Gasteiger partial charge in [-0.3, -0.25) is 14.6 Å². The second-order valence-electron chi connectivity index (χ2n) is 7.75. The van der Waals surface area contributed by atoms with Crippen LogP contribution in [0.4, 0.5) is 23.2 Å². The van der Waals surface area contributed by atoms with Gasteiger partial charge in [-0.2, -0.15) is 13.2 Å². The summed E-state index contributed by atoms with van der Waals surface area (Å²) in [5, 5.41) is 3.48. The van der Waals surface area contributed by atoms with Gasteiger partial charge >= 0.3 is 6.18 Å². The lowest BCUT2D eigenvalue weighted by atomic mass is 10.2. The van der Waals surface area contributed by atoms with Gasteiger partial charge in [0.15, 0.2) is 0 Å². The molecule has 1 saturated heterocycles. The Bertz CT molecular complexity index is 1100. The van der Waals surface area contributed by atoms with Crippen molar-refractivity contribution in [2.45, 2.75) is 19.1 Å². The van der Waals surface area contributed by atoms with Gasteiger partial charge in [0.05, 0.1) is 28.9 Å². The number of fused-ring (bicyclic) bond motifs is 1. The Kier molecular flexibility index (Phi) is 6.73. The van der Waals surface area contributed by atoms with E-state index in [9.17, 15) is 22.4 Å². The summed E-state index contributed by atoms with van der Waals surface area (Å²) in [7, 11) is 0. The average Bonchev–Trinajstić information content (AvgIpc) is 2.99. The molecule has 2 heterocycles. The van der Waals surface area contributed by atoms with Crippen LogP contribution in [0.2, 0.25) is 0 Å². The smallest absolute Gasteiger partial charge is 0.325 e. The highest BCUT2D eigenvalue weighted by Gasteiger charge is 2.30. The molecule has 1 aliphatic heterocycles. The number of nitrogens with one attached hydrogen (secondary N) is 1. The van der Waals surface area contributed by atoms with Gasteiger partial charge in [-0.05, 0) is 55.9 Å². The number of nitrogens with zero attached hydrogens (tertiary/aromatic N) is 3. The fraction of sp³-hybridized carbons (Fsp3) is 0.364. The minimum absolute atomic E-state index is 0.116. The molecule has 1 fully saturated rings. The number of benzene rings is 2. The Morgan fingerprint density at radius 2 is 1.84 bits per heavy atom. The van der Waals surface area contributed by atoms with Gasteiger partial charge in [0.25, 0.3) is 0 Å². The average molecular weight is 467 g/mol. The van der Waals surface area contributed by atoms with Gasteiger partial charge in [0.1, 0.15) is 10.8 Å². The molecule has 0 unspecified atom stereocenters. The van der Waals surface area contributed by atoms with Crippen molar-refractivity contribution in [1.82, 2.24) is 14.8 Å². The largest absolute Gasteiger partial charge is 0.416 e. The van der Waals surface area contributed by atoms with Gasteiger partial charge in [0.2, 0.25) is 5.91 Å². The number of alkyl halides is 3. The highest BCUT2D eigenvalue weighted by atomic mass is 32.1. The topological polar surface area (TPSA) is 48.5 Å². The SMILES string of the molecule is O=C(CN1CCCN(Cc2nc3ccc(F)cc3s2)CC1)Nc1cccc(C(F)(F)F)c1. The van der Waals surface area contributed by atoms with Crippen LogP contribution in [0.15, 0.2) is 42.5 Å². The van der Waals surface area contributed by atoms with Gasteiger partial charge < -0.3 is 5.32 Å². The molecule has 1 aromatic heterocycles.